The second-order valence-electron chi connectivity index (χ2n) is 7.77. The van der Waals surface area contributed by atoms with Crippen molar-refractivity contribution < 1.29 is 22.7 Å². The van der Waals surface area contributed by atoms with Crippen LogP contribution >= 0.6 is 11.6 Å². The lowest BCUT2D eigenvalue weighted by Crippen LogP contribution is -2.36. The number of hydrogen-bond acceptors (Lipinski definition) is 7. The number of hydrogen-bond donors (Lipinski definition) is 1. The van der Waals surface area contributed by atoms with Gasteiger partial charge >= 0.3 is 12.2 Å². The zero-order valence-corrected chi connectivity index (χ0v) is 18.6. The molecule has 0 saturated carbocycles. The molecule has 1 fully saturated rings. The van der Waals surface area contributed by atoms with E-state index >= 15 is 0 Å². The van der Waals surface area contributed by atoms with Gasteiger partial charge in [-0.05, 0) is 25.0 Å². The number of fused-ring (bicyclic) bond motifs is 1. The Morgan fingerprint density at radius 2 is 2.09 bits per heavy atom. The zero-order valence-electron chi connectivity index (χ0n) is 17.8. The number of benzene rings is 1. The number of ether oxygens (including phenoxy) is 1. The van der Waals surface area contributed by atoms with E-state index in [-0.39, 0.29) is 24.1 Å². The van der Waals surface area contributed by atoms with Gasteiger partial charge in [0.1, 0.15) is 0 Å². The van der Waals surface area contributed by atoms with Crippen LogP contribution in [-0.4, -0.2) is 62.3 Å². The second kappa shape index (κ2) is 9.00. The summed E-state index contributed by atoms with van der Waals surface area (Å²) in [5.41, 5.74) is 1.27. The van der Waals surface area contributed by atoms with Crippen molar-refractivity contribution in [1.29, 1.82) is 0 Å². The fourth-order valence-electron chi connectivity index (χ4n) is 3.57. The van der Waals surface area contributed by atoms with Crippen molar-refractivity contribution in [1.82, 2.24) is 30.3 Å². The van der Waals surface area contributed by atoms with E-state index in [0.29, 0.717) is 35.9 Å². The average molecular weight is 484 g/mol. The zero-order chi connectivity index (χ0) is 23.8. The molecule has 0 unspecified atom stereocenters. The van der Waals surface area contributed by atoms with Gasteiger partial charge in [0.05, 0.1) is 6.54 Å². The first-order valence-electron chi connectivity index (χ1n) is 10.2. The average Bonchev–Trinajstić information content (AvgIpc) is 3.35. The first-order valence-corrected chi connectivity index (χ1v) is 10.6. The SMILES string of the molecule is CC(=O)N[C@H]1CCN(c2nc(O[C@@H](C)C(F)(F)F)nc3c2nnn3Cc2ccccc2Cl)C1. The largest absolute Gasteiger partial charge is 0.451 e. The number of nitrogens with zero attached hydrogens (tertiary/aromatic N) is 6. The van der Waals surface area contributed by atoms with Gasteiger partial charge in [-0.3, -0.25) is 4.79 Å². The molecule has 0 bridgehead atoms. The Morgan fingerprint density at radius 3 is 2.79 bits per heavy atom. The standard InChI is InChI=1S/C20H21ClF3N7O2/c1-11(20(22,23)24)33-19-26-17(30-8-7-14(10-30)25-12(2)32)16-18(27-19)31(29-28-16)9-13-5-3-4-6-15(13)21/h3-6,11,14H,7-10H2,1-2H3,(H,25,32)/t11-,14-/m0/s1. The van der Waals surface area contributed by atoms with Gasteiger partial charge in [-0.15, -0.1) is 5.10 Å². The van der Waals surface area contributed by atoms with E-state index in [1.165, 1.54) is 11.6 Å². The highest BCUT2D eigenvalue weighted by molar-refractivity contribution is 6.31. The number of nitrogens with one attached hydrogen (secondary N) is 1. The lowest BCUT2D eigenvalue weighted by Gasteiger charge is -2.20. The van der Waals surface area contributed by atoms with Crippen LogP contribution in [0.2, 0.25) is 5.02 Å². The summed E-state index contributed by atoms with van der Waals surface area (Å²) >= 11 is 6.25. The Balaban J connectivity index is 1.73. The van der Waals surface area contributed by atoms with Crippen molar-refractivity contribution in [2.45, 2.75) is 45.1 Å². The molecular weight excluding hydrogens is 463 g/mol. The van der Waals surface area contributed by atoms with Crippen molar-refractivity contribution in [3.05, 3.63) is 34.9 Å². The lowest BCUT2D eigenvalue weighted by molar-refractivity contribution is -0.190. The van der Waals surface area contributed by atoms with Crippen LogP contribution in [0, 0.1) is 0 Å². The van der Waals surface area contributed by atoms with E-state index in [0.717, 1.165) is 12.5 Å². The maximum atomic E-state index is 13.1. The van der Waals surface area contributed by atoms with Crippen LogP contribution in [0.4, 0.5) is 19.0 Å². The van der Waals surface area contributed by atoms with Crippen LogP contribution in [0.15, 0.2) is 24.3 Å². The molecule has 9 nitrogen and oxygen atoms in total. The van der Waals surface area contributed by atoms with E-state index in [1.807, 2.05) is 11.0 Å². The van der Waals surface area contributed by atoms with Crippen molar-refractivity contribution >= 4 is 34.5 Å². The molecule has 3 heterocycles. The topological polar surface area (TPSA) is 98.1 Å². The quantitative estimate of drug-likeness (QED) is 0.575. The molecule has 33 heavy (non-hydrogen) atoms. The van der Waals surface area contributed by atoms with Gasteiger partial charge in [0.15, 0.2) is 23.1 Å². The number of aromatic nitrogens is 5. The Bertz CT molecular complexity index is 1170. The van der Waals surface area contributed by atoms with Crippen LogP contribution < -0.4 is 15.0 Å². The monoisotopic (exact) mass is 483 g/mol. The number of amides is 1. The molecule has 3 aromatic rings. The molecule has 1 saturated heterocycles. The van der Waals surface area contributed by atoms with Gasteiger partial charge in [0.2, 0.25) is 5.91 Å². The molecule has 176 valence electrons. The fourth-order valence-corrected chi connectivity index (χ4v) is 3.77. The highest BCUT2D eigenvalue weighted by atomic mass is 35.5. The maximum absolute atomic E-state index is 13.1. The van der Waals surface area contributed by atoms with Gasteiger partial charge in [0, 0.05) is 31.1 Å². The molecule has 0 spiro atoms. The Hall–Kier alpha value is -3.15. The van der Waals surface area contributed by atoms with Crippen LogP contribution in [0.5, 0.6) is 6.01 Å². The van der Waals surface area contributed by atoms with Crippen LogP contribution in [0.3, 0.4) is 0 Å². The molecule has 13 heteroatoms. The summed E-state index contributed by atoms with van der Waals surface area (Å²) < 4.78 is 45.8. The van der Waals surface area contributed by atoms with Gasteiger partial charge in [-0.1, -0.05) is 35.0 Å². The second-order valence-corrected chi connectivity index (χ2v) is 8.18. The number of carbonyl (C=O) groups is 1. The summed E-state index contributed by atoms with van der Waals surface area (Å²) in [7, 11) is 0. The van der Waals surface area contributed by atoms with Gasteiger partial charge < -0.3 is 15.0 Å². The molecule has 1 amide bonds. The van der Waals surface area contributed by atoms with E-state index < -0.39 is 18.3 Å². The third kappa shape index (κ3) is 5.10. The van der Waals surface area contributed by atoms with Crippen molar-refractivity contribution in [2.24, 2.45) is 0 Å². The van der Waals surface area contributed by atoms with Crippen molar-refractivity contribution in [2.75, 3.05) is 18.0 Å². The molecule has 2 atom stereocenters. The minimum absolute atomic E-state index is 0.121. The third-order valence-corrected chi connectivity index (χ3v) is 5.61. The summed E-state index contributed by atoms with van der Waals surface area (Å²) in [4.78, 5) is 21.6. The van der Waals surface area contributed by atoms with Gasteiger partial charge in [0.25, 0.3) is 0 Å². The predicted molar refractivity (Wildman–Crippen MR) is 114 cm³/mol. The van der Waals surface area contributed by atoms with Crippen molar-refractivity contribution in [3.63, 3.8) is 0 Å². The fraction of sp³-hybridized carbons (Fsp3) is 0.450. The molecule has 0 radical (unpaired) electrons. The Labute approximate surface area is 191 Å². The molecule has 1 aromatic carbocycles. The normalized spacial score (nSPS) is 17.4. The van der Waals surface area contributed by atoms with E-state index in [1.54, 1.807) is 18.2 Å². The summed E-state index contributed by atoms with van der Waals surface area (Å²) in [5.74, 6) is 0.131. The smallest absolute Gasteiger partial charge is 0.425 e. The molecule has 2 aromatic heterocycles. The molecule has 0 aliphatic carbocycles. The van der Waals surface area contributed by atoms with Gasteiger partial charge in [-0.2, -0.15) is 23.1 Å². The summed E-state index contributed by atoms with van der Waals surface area (Å²) in [5, 5.41) is 11.7. The van der Waals surface area contributed by atoms with Crippen molar-refractivity contribution in [3.8, 4) is 6.01 Å². The molecule has 1 aliphatic heterocycles. The number of rotatable bonds is 6. The summed E-state index contributed by atoms with van der Waals surface area (Å²) in [6, 6.07) is 6.57. The molecular formula is C20H21ClF3N7O2. The minimum Gasteiger partial charge on any atom is -0.451 e. The first-order chi connectivity index (χ1) is 15.6. The number of anilines is 1. The van der Waals surface area contributed by atoms with Crippen LogP contribution in [-0.2, 0) is 11.3 Å². The Kier molecular flexibility index (Phi) is 6.28. The number of halogens is 4. The van der Waals surface area contributed by atoms with Crippen LogP contribution in [0.1, 0.15) is 25.8 Å². The highest BCUT2D eigenvalue weighted by Crippen LogP contribution is 2.30. The minimum atomic E-state index is -4.58. The predicted octanol–water partition coefficient (Wildman–Crippen LogP) is 2.97. The summed E-state index contributed by atoms with van der Waals surface area (Å²) in [6.07, 6.45) is -6.05. The Morgan fingerprint density at radius 1 is 1.33 bits per heavy atom. The first kappa shape index (κ1) is 23.0. The number of alkyl halides is 3. The van der Waals surface area contributed by atoms with Crippen LogP contribution in [0.25, 0.3) is 11.2 Å². The van der Waals surface area contributed by atoms with E-state index in [4.69, 9.17) is 16.3 Å². The summed E-state index contributed by atoms with van der Waals surface area (Å²) in [6.45, 7) is 3.45. The number of carbonyl (C=O) groups excluding carboxylic acids is 1. The molecule has 4 rings (SSSR count). The molecule has 1 aliphatic rings. The maximum Gasteiger partial charge on any atom is 0.425 e. The molecule has 1 N–H and O–H groups in total. The van der Waals surface area contributed by atoms with E-state index in [2.05, 4.69) is 25.6 Å². The highest BCUT2D eigenvalue weighted by Gasteiger charge is 2.39. The van der Waals surface area contributed by atoms with Gasteiger partial charge in [-0.25, -0.2) is 4.68 Å². The van der Waals surface area contributed by atoms with E-state index in [9.17, 15) is 18.0 Å². The lowest BCUT2D eigenvalue weighted by atomic mass is 10.2. The third-order valence-electron chi connectivity index (χ3n) is 5.24.